The van der Waals surface area contributed by atoms with Gasteiger partial charge in [-0.3, -0.25) is 9.59 Å². The lowest BCUT2D eigenvalue weighted by Gasteiger charge is -2.23. The highest BCUT2D eigenvalue weighted by molar-refractivity contribution is 6.35. The first-order valence-electron chi connectivity index (χ1n) is 4.51. The largest absolute Gasteiger partial charge is 0.345 e. The van der Waals surface area contributed by atoms with Gasteiger partial charge in [0.2, 0.25) is 0 Å². The van der Waals surface area contributed by atoms with Crippen LogP contribution in [-0.2, 0) is 9.59 Å². The summed E-state index contributed by atoms with van der Waals surface area (Å²) >= 11 is 5.83. The van der Waals surface area contributed by atoms with Gasteiger partial charge in [-0.15, -0.1) is 0 Å². The maximum atomic E-state index is 11.1. The molecule has 0 radical (unpaired) electrons. The second-order valence-corrected chi connectivity index (χ2v) is 3.73. The molecule has 1 aromatic carbocycles. The summed E-state index contributed by atoms with van der Waals surface area (Å²) in [6, 6.07) is 6.99. The van der Waals surface area contributed by atoms with Gasteiger partial charge in [0, 0.05) is 11.6 Å². The van der Waals surface area contributed by atoms with Gasteiger partial charge in [0.15, 0.2) is 0 Å². The van der Waals surface area contributed by atoms with Crippen LogP contribution in [0.4, 0.5) is 0 Å². The number of nitrogens with one attached hydrogen (secondary N) is 2. The molecule has 5 heteroatoms. The Morgan fingerprint density at radius 3 is 2.73 bits per heavy atom. The topological polar surface area (TPSA) is 58.2 Å². The molecule has 0 spiro atoms. The van der Waals surface area contributed by atoms with Gasteiger partial charge in [0.1, 0.15) is 0 Å². The van der Waals surface area contributed by atoms with Crippen molar-refractivity contribution in [2.75, 3.05) is 6.54 Å². The molecule has 0 saturated carbocycles. The molecule has 2 rings (SSSR count). The molecule has 1 aromatic rings. The van der Waals surface area contributed by atoms with E-state index in [9.17, 15) is 9.59 Å². The highest BCUT2D eigenvalue weighted by Gasteiger charge is 2.25. The zero-order valence-corrected chi connectivity index (χ0v) is 8.54. The molecule has 0 aliphatic carbocycles. The maximum Gasteiger partial charge on any atom is 0.309 e. The fraction of sp³-hybridized carbons (Fsp3) is 0.200. The standard InChI is InChI=1S/C10H9ClN2O2/c11-7-3-1-2-6(4-7)8-5-12-9(14)10(15)13-8/h1-4,8H,5H2,(H,12,14)(H,13,15). The van der Waals surface area contributed by atoms with Crippen LogP contribution in [0.1, 0.15) is 11.6 Å². The van der Waals surface area contributed by atoms with Crippen LogP contribution in [0.25, 0.3) is 0 Å². The van der Waals surface area contributed by atoms with Gasteiger partial charge in [0.25, 0.3) is 0 Å². The summed E-state index contributed by atoms with van der Waals surface area (Å²) in [6.45, 7) is 0.394. The van der Waals surface area contributed by atoms with Crippen molar-refractivity contribution in [3.63, 3.8) is 0 Å². The monoisotopic (exact) mass is 224 g/mol. The molecule has 2 N–H and O–H groups in total. The first-order chi connectivity index (χ1) is 7.16. The van der Waals surface area contributed by atoms with Crippen molar-refractivity contribution >= 4 is 23.4 Å². The van der Waals surface area contributed by atoms with E-state index in [4.69, 9.17) is 11.6 Å². The Kier molecular flexibility index (Phi) is 2.60. The Morgan fingerprint density at radius 1 is 1.27 bits per heavy atom. The smallest absolute Gasteiger partial charge is 0.309 e. The zero-order valence-electron chi connectivity index (χ0n) is 7.79. The molecule has 1 saturated heterocycles. The lowest BCUT2D eigenvalue weighted by Crippen LogP contribution is -2.51. The SMILES string of the molecule is O=C1NCC(c2cccc(Cl)c2)NC1=O. The molecule has 0 aromatic heterocycles. The minimum Gasteiger partial charge on any atom is -0.345 e. The summed E-state index contributed by atoms with van der Waals surface area (Å²) in [5.41, 5.74) is 0.885. The summed E-state index contributed by atoms with van der Waals surface area (Å²) in [5, 5.41) is 5.72. The summed E-state index contributed by atoms with van der Waals surface area (Å²) in [7, 11) is 0. The van der Waals surface area contributed by atoms with Crippen LogP contribution >= 0.6 is 11.6 Å². The van der Waals surface area contributed by atoms with Crippen molar-refractivity contribution in [3.8, 4) is 0 Å². The van der Waals surface area contributed by atoms with Gasteiger partial charge < -0.3 is 10.6 Å². The Bertz CT molecular complexity index is 420. The Hall–Kier alpha value is -1.55. The summed E-state index contributed by atoms with van der Waals surface area (Å²) in [5.74, 6) is -1.19. The molecule has 2 amide bonds. The molecule has 1 aliphatic rings. The molecule has 1 heterocycles. The number of carbonyl (C=O) groups excluding carboxylic acids is 2. The molecule has 1 atom stereocenters. The van der Waals surface area contributed by atoms with E-state index >= 15 is 0 Å². The van der Waals surface area contributed by atoms with Crippen molar-refractivity contribution in [3.05, 3.63) is 34.9 Å². The first-order valence-corrected chi connectivity index (χ1v) is 4.89. The van der Waals surface area contributed by atoms with Crippen molar-refractivity contribution in [1.29, 1.82) is 0 Å². The van der Waals surface area contributed by atoms with E-state index < -0.39 is 11.8 Å². The predicted octanol–water partition coefficient (Wildman–Crippen LogP) is 0.627. The normalized spacial score (nSPS) is 20.7. The number of halogens is 1. The zero-order chi connectivity index (χ0) is 10.8. The summed E-state index contributed by atoms with van der Waals surface area (Å²) in [6.07, 6.45) is 0. The molecule has 78 valence electrons. The maximum absolute atomic E-state index is 11.1. The third-order valence-corrected chi connectivity index (χ3v) is 2.46. The Labute approximate surface area is 91.6 Å². The van der Waals surface area contributed by atoms with Crippen molar-refractivity contribution in [2.24, 2.45) is 0 Å². The van der Waals surface area contributed by atoms with Crippen LogP contribution in [0.3, 0.4) is 0 Å². The van der Waals surface area contributed by atoms with E-state index in [1.54, 1.807) is 18.2 Å². The molecule has 4 nitrogen and oxygen atoms in total. The van der Waals surface area contributed by atoms with E-state index in [2.05, 4.69) is 10.6 Å². The Balaban J connectivity index is 2.19. The third-order valence-electron chi connectivity index (χ3n) is 2.23. The van der Waals surface area contributed by atoms with E-state index in [1.807, 2.05) is 6.07 Å². The highest BCUT2D eigenvalue weighted by atomic mass is 35.5. The lowest BCUT2D eigenvalue weighted by atomic mass is 10.1. The fourth-order valence-corrected chi connectivity index (χ4v) is 1.67. The summed E-state index contributed by atoms with van der Waals surface area (Å²) < 4.78 is 0. The molecular formula is C10H9ClN2O2. The van der Waals surface area contributed by atoms with Gasteiger partial charge in [-0.25, -0.2) is 0 Å². The van der Waals surface area contributed by atoms with Gasteiger partial charge in [-0.05, 0) is 17.7 Å². The molecule has 15 heavy (non-hydrogen) atoms. The quantitative estimate of drug-likeness (QED) is 0.688. The number of piperazine rings is 1. The van der Waals surface area contributed by atoms with E-state index in [-0.39, 0.29) is 6.04 Å². The van der Waals surface area contributed by atoms with Crippen molar-refractivity contribution in [2.45, 2.75) is 6.04 Å². The van der Waals surface area contributed by atoms with Gasteiger partial charge in [0.05, 0.1) is 6.04 Å². The Morgan fingerprint density at radius 2 is 2.07 bits per heavy atom. The van der Waals surface area contributed by atoms with Crippen LogP contribution in [0.15, 0.2) is 24.3 Å². The summed E-state index contributed by atoms with van der Waals surface area (Å²) in [4.78, 5) is 22.0. The van der Waals surface area contributed by atoms with Crippen molar-refractivity contribution < 1.29 is 9.59 Å². The number of hydrogen-bond acceptors (Lipinski definition) is 2. The molecule has 1 unspecified atom stereocenters. The van der Waals surface area contributed by atoms with Gasteiger partial charge >= 0.3 is 11.8 Å². The van der Waals surface area contributed by atoms with Crippen LogP contribution in [0.5, 0.6) is 0 Å². The van der Waals surface area contributed by atoms with Crippen molar-refractivity contribution in [1.82, 2.24) is 10.6 Å². The number of benzene rings is 1. The van der Waals surface area contributed by atoms with E-state index in [0.717, 1.165) is 5.56 Å². The first kappa shape index (κ1) is 9.98. The van der Waals surface area contributed by atoms with E-state index in [0.29, 0.717) is 11.6 Å². The lowest BCUT2D eigenvalue weighted by molar-refractivity contribution is -0.141. The molecule has 1 aliphatic heterocycles. The highest BCUT2D eigenvalue weighted by Crippen LogP contribution is 2.18. The second kappa shape index (κ2) is 3.90. The number of amides is 2. The predicted molar refractivity (Wildman–Crippen MR) is 55.3 cm³/mol. The van der Waals surface area contributed by atoms with Gasteiger partial charge in [-0.1, -0.05) is 23.7 Å². The third kappa shape index (κ3) is 2.10. The average molecular weight is 225 g/mol. The van der Waals surface area contributed by atoms with Crippen LogP contribution in [0.2, 0.25) is 5.02 Å². The minimum atomic E-state index is -0.605. The van der Waals surface area contributed by atoms with E-state index in [1.165, 1.54) is 0 Å². The van der Waals surface area contributed by atoms with Crippen LogP contribution < -0.4 is 10.6 Å². The molecule has 0 bridgehead atoms. The van der Waals surface area contributed by atoms with Crippen LogP contribution in [-0.4, -0.2) is 18.4 Å². The molecule has 1 fully saturated rings. The number of rotatable bonds is 1. The fourth-order valence-electron chi connectivity index (χ4n) is 1.47. The second-order valence-electron chi connectivity index (χ2n) is 3.29. The van der Waals surface area contributed by atoms with Gasteiger partial charge in [-0.2, -0.15) is 0 Å². The van der Waals surface area contributed by atoms with Crippen LogP contribution in [0, 0.1) is 0 Å². The number of hydrogen-bond donors (Lipinski definition) is 2. The minimum absolute atomic E-state index is 0.200. The number of carbonyl (C=O) groups is 2. The average Bonchev–Trinajstić information content (AvgIpc) is 2.22. The molecular weight excluding hydrogens is 216 g/mol.